The molecule has 0 atom stereocenters. The average Bonchev–Trinajstić information content (AvgIpc) is 3.43. The van der Waals surface area contributed by atoms with Gasteiger partial charge < -0.3 is 9.05 Å². The number of benzene rings is 5. The van der Waals surface area contributed by atoms with Crippen LogP contribution in [0.1, 0.15) is 0 Å². The third-order valence-electron chi connectivity index (χ3n) is 8.10. The first-order valence-electron chi connectivity index (χ1n) is 11.9. The largest absolute Gasteiger partial charge is 0.375 e. The molecule has 35 heavy (non-hydrogen) atoms. The van der Waals surface area contributed by atoms with Crippen LogP contribution in [-0.4, -0.2) is 15.9 Å². The molecule has 0 saturated heterocycles. The number of para-hydroxylation sites is 3. The standard InChI is InChI=1S/C31H16BN3/c1-33-18-15-16-27-24(17-18)23-10-4-9-22-20-8-6-14-28-29(20)32(35(27)30(22)23)25-12-5-11-21-19-7-2-3-13-26(19)34(28)31(21)25/h2-17H. The quantitative estimate of drug-likeness (QED) is 0.191. The zero-order chi connectivity index (χ0) is 22.8. The van der Waals surface area contributed by atoms with E-state index in [0.717, 1.165) is 5.39 Å². The van der Waals surface area contributed by atoms with E-state index in [-0.39, 0.29) is 6.85 Å². The first kappa shape index (κ1) is 17.7. The lowest BCUT2D eigenvalue weighted by Gasteiger charge is -2.33. The van der Waals surface area contributed by atoms with Gasteiger partial charge in [0.2, 0.25) is 0 Å². The lowest BCUT2D eigenvalue weighted by Crippen LogP contribution is -2.55. The highest BCUT2D eigenvalue weighted by Crippen LogP contribution is 2.43. The second-order valence-corrected chi connectivity index (χ2v) is 9.62. The lowest BCUT2D eigenvalue weighted by molar-refractivity contribution is 1.17. The van der Waals surface area contributed by atoms with Gasteiger partial charge in [-0.2, -0.15) is 0 Å². The third kappa shape index (κ3) is 1.89. The molecule has 0 unspecified atom stereocenters. The molecule has 3 nitrogen and oxygen atoms in total. The number of nitrogens with zero attached hydrogens (tertiary/aromatic N) is 3. The minimum absolute atomic E-state index is 0.0791. The van der Waals surface area contributed by atoms with E-state index < -0.39 is 0 Å². The van der Waals surface area contributed by atoms with Gasteiger partial charge in [0.25, 0.3) is 0 Å². The van der Waals surface area contributed by atoms with Crippen molar-refractivity contribution in [3.8, 4) is 16.8 Å². The van der Waals surface area contributed by atoms with E-state index in [1.807, 2.05) is 6.07 Å². The van der Waals surface area contributed by atoms with Crippen molar-refractivity contribution in [2.24, 2.45) is 0 Å². The van der Waals surface area contributed by atoms with E-state index in [1.54, 1.807) is 0 Å². The normalized spacial score (nSPS) is 13.1. The summed E-state index contributed by atoms with van der Waals surface area (Å²) in [6.07, 6.45) is 0. The Labute approximate surface area is 201 Å². The minimum atomic E-state index is 0.0791. The molecular formula is C31H16BN3. The number of fused-ring (bicyclic) bond motifs is 10. The van der Waals surface area contributed by atoms with Crippen LogP contribution in [0.2, 0.25) is 0 Å². The Bertz CT molecular complexity index is 2140. The van der Waals surface area contributed by atoms with Gasteiger partial charge in [0.05, 0.1) is 17.6 Å². The molecule has 0 fully saturated rings. The van der Waals surface area contributed by atoms with Crippen LogP contribution in [-0.2, 0) is 0 Å². The smallest absolute Gasteiger partial charge is 0.333 e. The van der Waals surface area contributed by atoms with Crippen LogP contribution >= 0.6 is 0 Å². The first-order chi connectivity index (χ1) is 17.3. The van der Waals surface area contributed by atoms with Crippen molar-refractivity contribution in [3.05, 3.63) is 108 Å². The zero-order valence-electron chi connectivity index (χ0n) is 18.7. The molecule has 0 N–H and O–H groups in total. The van der Waals surface area contributed by atoms with Crippen LogP contribution < -0.4 is 10.9 Å². The molecule has 5 aromatic carbocycles. The molecular weight excluding hydrogens is 425 g/mol. The monoisotopic (exact) mass is 441 g/mol. The fourth-order valence-corrected chi connectivity index (χ4v) is 6.86. The Hall–Kier alpha value is -4.75. The molecule has 0 amide bonds. The highest BCUT2D eigenvalue weighted by molar-refractivity contribution is 6.90. The van der Waals surface area contributed by atoms with E-state index >= 15 is 0 Å². The fourth-order valence-electron chi connectivity index (χ4n) is 6.86. The molecule has 0 bridgehead atoms. The summed E-state index contributed by atoms with van der Waals surface area (Å²) in [5.41, 5.74) is 12.2. The Balaban J connectivity index is 1.57. The van der Waals surface area contributed by atoms with Gasteiger partial charge in [-0.15, -0.1) is 0 Å². The Kier molecular flexibility index (Phi) is 2.95. The van der Waals surface area contributed by atoms with Crippen LogP contribution in [0, 0.1) is 6.57 Å². The van der Waals surface area contributed by atoms with Gasteiger partial charge in [-0.1, -0.05) is 72.8 Å². The molecule has 7 aromatic rings. The van der Waals surface area contributed by atoms with Gasteiger partial charge in [0.15, 0.2) is 5.69 Å². The predicted octanol–water partition coefficient (Wildman–Crippen LogP) is 6.39. The zero-order valence-corrected chi connectivity index (χ0v) is 18.7. The maximum Gasteiger partial charge on any atom is 0.333 e. The Morgan fingerprint density at radius 1 is 0.629 bits per heavy atom. The van der Waals surface area contributed by atoms with Crippen molar-refractivity contribution in [3.63, 3.8) is 0 Å². The number of hydrogen-bond donors (Lipinski definition) is 0. The second kappa shape index (κ2) is 5.84. The van der Waals surface area contributed by atoms with Crippen molar-refractivity contribution in [1.82, 2.24) is 9.05 Å². The van der Waals surface area contributed by atoms with Crippen LogP contribution in [0.3, 0.4) is 0 Å². The molecule has 4 heteroatoms. The number of rotatable bonds is 0. The molecule has 0 saturated carbocycles. The van der Waals surface area contributed by atoms with Crippen molar-refractivity contribution < 1.29 is 0 Å². The van der Waals surface area contributed by atoms with Crippen molar-refractivity contribution in [2.45, 2.75) is 0 Å². The van der Waals surface area contributed by atoms with Gasteiger partial charge in [-0.05, 0) is 46.1 Å². The molecule has 0 radical (unpaired) electrons. The summed E-state index contributed by atoms with van der Waals surface area (Å²) in [5.74, 6) is 0. The third-order valence-corrected chi connectivity index (χ3v) is 8.10. The van der Waals surface area contributed by atoms with Gasteiger partial charge in [-0.25, -0.2) is 4.85 Å². The summed E-state index contributed by atoms with van der Waals surface area (Å²) < 4.78 is 5.01. The minimum Gasteiger partial charge on any atom is -0.375 e. The highest BCUT2D eigenvalue weighted by Gasteiger charge is 2.40. The maximum atomic E-state index is 7.58. The topological polar surface area (TPSA) is 14.2 Å². The second-order valence-electron chi connectivity index (χ2n) is 9.62. The van der Waals surface area contributed by atoms with E-state index in [2.05, 4.69) is 105 Å². The Morgan fingerprint density at radius 3 is 2.31 bits per heavy atom. The van der Waals surface area contributed by atoms with Gasteiger partial charge in [0, 0.05) is 38.4 Å². The van der Waals surface area contributed by atoms with E-state index in [9.17, 15) is 0 Å². The summed E-state index contributed by atoms with van der Waals surface area (Å²) in [6, 6.07) is 35.1. The van der Waals surface area contributed by atoms with Gasteiger partial charge in [0.1, 0.15) is 0 Å². The highest BCUT2D eigenvalue weighted by atomic mass is 15.0. The SMILES string of the molecule is [C-]#[N+]c1ccc2c(c1)c1cccc3c1n2B1c2c-3cccc2-n2c3ccccc3c3cccc1c32. The molecule has 4 heterocycles. The molecule has 9 rings (SSSR count). The molecule has 2 aromatic heterocycles. The number of aromatic nitrogens is 2. The van der Waals surface area contributed by atoms with Crippen molar-refractivity contribution in [2.75, 3.05) is 0 Å². The summed E-state index contributed by atoms with van der Waals surface area (Å²) in [6.45, 7) is 7.66. The summed E-state index contributed by atoms with van der Waals surface area (Å²) in [7, 11) is 0. The molecule has 158 valence electrons. The molecule has 0 spiro atoms. The van der Waals surface area contributed by atoms with Crippen LogP contribution in [0.15, 0.2) is 97.1 Å². The van der Waals surface area contributed by atoms with E-state index in [1.165, 1.54) is 66.0 Å². The molecule has 2 aliphatic heterocycles. The summed E-state index contributed by atoms with van der Waals surface area (Å²) in [4.78, 5) is 3.73. The summed E-state index contributed by atoms with van der Waals surface area (Å²) >= 11 is 0. The average molecular weight is 441 g/mol. The van der Waals surface area contributed by atoms with Crippen LogP contribution in [0.25, 0.3) is 65.3 Å². The Morgan fingerprint density at radius 2 is 1.40 bits per heavy atom. The van der Waals surface area contributed by atoms with Crippen molar-refractivity contribution in [1.29, 1.82) is 0 Å². The lowest BCUT2D eigenvalue weighted by atomic mass is 9.45. The maximum absolute atomic E-state index is 7.58. The van der Waals surface area contributed by atoms with Gasteiger partial charge in [-0.3, -0.25) is 0 Å². The first-order valence-corrected chi connectivity index (χ1v) is 11.9. The summed E-state index contributed by atoms with van der Waals surface area (Å²) in [5, 5.41) is 4.97. The number of hydrogen-bond acceptors (Lipinski definition) is 0. The molecule has 0 aliphatic carbocycles. The van der Waals surface area contributed by atoms with Crippen LogP contribution in [0.4, 0.5) is 5.69 Å². The predicted molar refractivity (Wildman–Crippen MR) is 146 cm³/mol. The molecule has 2 aliphatic rings. The van der Waals surface area contributed by atoms with E-state index in [4.69, 9.17) is 6.57 Å². The fraction of sp³-hybridized carbons (Fsp3) is 0. The van der Waals surface area contributed by atoms with Crippen molar-refractivity contribution >= 4 is 67.1 Å². The van der Waals surface area contributed by atoms with Crippen LogP contribution in [0.5, 0.6) is 0 Å². The van der Waals surface area contributed by atoms with Gasteiger partial charge >= 0.3 is 6.85 Å². The van der Waals surface area contributed by atoms with E-state index in [0.29, 0.717) is 5.69 Å².